The maximum atomic E-state index is 12.8. The van der Waals surface area contributed by atoms with Crippen LogP contribution < -0.4 is 5.56 Å². The van der Waals surface area contributed by atoms with Crippen LogP contribution in [-0.4, -0.2) is 39.2 Å². The Morgan fingerprint density at radius 2 is 1.71 bits per heavy atom. The lowest BCUT2D eigenvalue weighted by Crippen LogP contribution is -2.49. The number of aromatic nitrogens is 1. The fourth-order valence-electron chi connectivity index (χ4n) is 4.58. The summed E-state index contributed by atoms with van der Waals surface area (Å²) >= 11 is 0. The Morgan fingerprint density at radius 1 is 1.09 bits per heavy atom. The number of nitrogens with zero attached hydrogens (tertiary/aromatic N) is 3. The second-order valence-corrected chi connectivity index (χ2v) is 9.17. The summed E-state index contributed by atoms with van der Waals surface area (Å²) in [6.07, 6.45) is 2.72. The van der Waals surface area contributed by atoms with E-state index < -0.39 is 5.60 Å². The highest BCUT2D eigenvalue weighted by Gasteiger charge is 2.35. The minimum atomic E-state index is -1.10. The quantitative estimate of drug-likeness (QED) is 0.610. The minimum Gasteiger partial charge on any atom is -0.388 e. The van der Waals surface area contributed by atoms with E-state index in [1.165, 1.54) is 16.8 Å². The van der Waals surface area contributed by atoms with Gasteiger partial charge in [0, 0.05) is 37.3 Å². The first kappa shape index (κ1) is 23.5. The summed E-state index contributed by atoms with van der Waals surface area (Å²) in [5, 5.41) is 20.8. The summed E-state index contributed by atoms with van der Waals surface area (Å²) < 4.78 is 1.42. The fraction of sp³-hybridized carbons (Fsp3) is 0.321. The van der Waals surface area contributed by atoms with E-state index in [0.29, 0.717) is 43.5 Å². The lowest BCUT2D eigenvalue weighted by atomic mass is 9.90. The summed E-state index contributed by atoms with van der Waals surface area (Å²) in [6.45, 7) is 3.03. The van der Waals surface area contributed by atoms with Gasteiger partial charge in [-0.2, -0.15) is 5.26 Å². The van der Waals surface area contributed by atoms with Crippen molar-refractivity contribution in [2.24, 2.45) is 0 Å². The number of benzene rings is 2. The molecular formula is C28H29N3O3. The largest absolute Gasteiger partial charge is 0.388 e. The molecular weight excluding hydrogens is 426 g/mol. The van der Waals surface area contributed by atoms with Gasteiger partial charge in [0.2, 0.25) is 5.91 Å². The number of pyridine rings is 1. The molecule has 34 heavy (non-hydrogen) atoms. The molecule has 0 spiro atoms. The zero-order valence-corrected chi connectivity index (χ0v) is 19.4. The fourth-order valence-corrected chi connectivity index (χ4v) is 4.58. The molecule has 1 saturated heterocycles. The molecule has 2 heterocycles. The molecule has 1 atom stereocenters. The lowest BCUT2D eigenvalue weighted by Gasteiger charge is -2.38. The van der Waals surface area contributed by atoms with Crippen molar-refractivity contribution in [2.75, 3.05) is 13.1 Å². The van der Waals surface area contributed by atoms with E-state index in [0.717, 1.165) is 11.1 Å². The molecule has 4 rings (SSSR count). The first-order chi connectivity index (χ1) is 16.4. The van der Waals surface area contributed by atoms with Crippen LogP contribution in [-0.2, 0) is 11.3 Å². The normalized spacial score (nSPS) is 16.0. The predicted molar refractivity (Wildman–Crippen MR) is 131 cm³/mol. The highest BCUT2D eigenvalue weighted by Crippen LogP contribution is 2.27. The van der Waals surface area contributed by atoms with Crippen LogP contribution in [0.15, 0.2) is 77.7 Å². The van der Waals surface area contributed by atoms with Crippen LogP contribution >= 0.6 is 0 Å². The van der Waals surface area contributed by atoms with Crippen LogP contribution in [0.1, 0.15) is 43.2 Å². The van der Waals surface area contributed by atoms with Crippen LogP contribution in [0, 0.1) is 11.3 Å². The third-order valence-electron chi connectivity index (χ3n) is 6.69. The van der Waals surface area contributed by atoms with Gasteiger partial charge in [-0.25, -0.2) is 0 Å². The predicted octanol–water partition coefficient (Wildman–Crippen LogP) is 3.93. The van der Waals surface area contributed by atoms with Gasteiger partial charge < -0.3 is 14.6 Å². The van der Waals surface area contributed by atoms with Crippen molar-refractivity contribution in [3.05, 3.63) is 94.4 Å². The number of hydrogen-bond donors (Lipinski definition) is 1. The zero-order valence-electron chi connectivity index (χ0n) is 19.4. The van der Waals surface area contributed by atoms with Crippen molar-refractivity contribution < 1.29 is 9.90 Å². The van der Waals surface area contributed by atoms with E-state index in [1.807, 2.05) is 67.6 Å². The molecule has 174 valence electrons. The molecule has 0 saturated carbocycles. The third kappa shape index (κ3) is 5.27. The van der Waals surface area contributed by atoms with E-state index in [-0.39, 0.29) is 23.9 Å². The number of nitriles is 1. The van der Waals surface area contributed by atoms with Crippen LogP contribution in [0.4, 0.5) is 0 Å². The topological polar surface area (TPSA) is 86.3 Å². The van der Waals surface area contributed by atoms with Gasteiger partial charge in [-0.1, -0.05) is 67.6 Å². The lowest BCUT2D eigenvalue weighted by molar-refractivity contribution is -0.136. The van der Waals surface area contributed by atoms with Gasteiger partial charge in [-0.3, -0.25) is 9.59 Å². The Bertz CT molecular complexity index is 1240. The average Bonchev–Trinajstić information content (AvgIpc) is 2.86. The van der Waals surface area contributed by atoms with E-state index in [4.69, 9.17) is 0 Å². The molecule has 3 aromatic rings. The standard InChI is InChI=1S/C28H29N3O3/c1-21(22-8-4-2-5-9-22)16-26(32)30-14-12-28(34,13-15-30)20-31-19-24(18-29)25(17-27(31)33)23-10-6-3-7-11-23/h2-11,17,19,21,34H,12-16,20H2,1H3. The van der Waals surface area contributed by atoms with Crippen LogP contribution in [0.25, 0.3) is 11.1 Å². The smallest absolute Gasteiger partial charge is 0.251 e. The molecule has 1 unspecified atom stereocenters. The van der Waals surface area contributed by atoms with Crippen molar-refractivity contribution in [3.8, 4) is 17.2 Å². The van der Waals surface area contributed by atoms with Gasteiger partial charge in [0.25, 0.3) is 5.56 Å². The second-order valence-electron chi connectivity index (χ2n) is 9.17. The highest BCUT2D eigenvalue weighted by molar-refractivity contribution is 5.77. The Hall–Kier alpha value is -3.69. The Balaban J connectivity index is 1.41. The van der Waals surface area contributed by atoms with Crippen molar-refractivity contribution in [1.82, 2.24) is 9.47 Å². The van der Waals surface area contributed by atoms with E-state index >= 15 is 0 Å². The first-order valence-corrected chi connectivity index (χ1v) is 11.6. The van der Waals surface area contributed by atoms with Crippen molar-refractivity contribution in [1.29, 1.82) is 5.26 Å². The van der Waals surface area contributed by atoms with Crippen LogP contribution in [0.3, 0.4) is 0 Å². The molecule has 0 aliphatic carbocycles. The highest BCUT2D eigenvalue weighted by atomic mass is 16.3. The van der Waals surface area contributed by atoms with Gasteiger partial charge in [-0.15, -0.1) is 0 Å². The number of aliphatic hydroxyl groups is 1. The summed E-state index contributed by atoms with van der Waals surface area (Å²) in [5.41, 5.74) is 1.55. The maximum Gasteiger partial charge on any atom is 0.251 e. The first-order valence-electron chi connectivity index (χ1n) is 11.6. The number of carbonyl (C=O) groups is 1. The number of amides is 1. The monoisotopic (exact) mass is 455 g/mol. The Kier molecular flexibility index (Phi) is 6.95. The molecule has 6 heteroatoms. The van der Waals surface area contributed by atoms with E-state index in [1.54, 1.807) is 4.90 Å². The summed E-state index contributed by atoms with van der Waals surface area (Å²) in [7, 11) is 0. The second kappa shape index (κ2) is 10.1. The summed E-state index contributed by atoms with van der Waals surface area (Å²) in [6, 6.07) is 22.9. The number of likely N-dealkylation sites (tertiary alicyclic amines) is 1. The molecule has 1 N–H and O–H groups in total. The molecule has 0 radical (unpaired) electrons. The van der Waals surface area contributed by atoms with Crippen molar-refractivity contribution in [2.45, 2.75) is 44.2 Å². The number of carbonyl (C=O) groups excluding carboxylic acids is 1. The van der Waals surface area contributed by atoms with Gasteiger partial charge in [-0.05, 0) is 29.9 Å². The minimum absolute atomic E-state index is 0.0783. The average molecular weight is 456 g/mol. The molecule has 1 amide bonds. The summed E-state index contributed by atoms with van der Waals surface area (Å²) in [5.74, 6) is 0.204. The van der Waals surface area contributed by atoms with E-state index in [9.17, 15) is 20.0 Å². The van der Waals surface area contributed by atoms with Crippen LogP contribution in [0.2, 0.25) is 0 Å². The molecule has 1 aliphatic heterocycles. The molecule has 1 aliphatic rings. The van der Waals surface area contributed by atoms with Crippen molar-refractivity contribution >= 4 is 5.91 Å². The summed E-state index contributed by atoms with van der Waals surface area (Å²) in [4.78, 5) is 27.4. The Morgan fingerprint density at radius 3 is 2.32 bits per heavy atom. The Labute approximate surface area is 199 Å². The molecule has 2 aromatic carbocycles. The van der Waals surface area contributed by atoms with Crippen molar-refractivity contribution in [3.63, 3.8) is 0 Å². The molecule has 0 bridgehead atoms. The maximum absolute atomic E-state index is 12.8. The number of piperidine rings is 1. The van der Waals surface area contributed by atoms with Gasteiger partial charge in [0.05, 0.1) is 17.7 Å². The molecule has 1 aromatic heterocycles. The SMILES string of the molecule is CC(CC(=O)N1CCC(O)(Cn2cc(C#N)c(-c3ccccc3)cc2=O)CC1)c1ccccc1. The number of rotatable bonds is 6. The zero-order chi connectivity index (χ0) is 24.1. The third-order valence-corrected chi connectivity index (χ3v) is 6.69. The molecule has 6 nitrogen and oxygen atoms in total. The van der Waals surface area contributed by atoms with Gasteiger partial charge >= 0.3 is 0 Å². The van der Waals surface area contributed by atoms with Crippen LogP contribution in [0.5, 0.6) is 0 Å². The van der Waals surface area contributed by atoms with Gasteiger partial charge in [0.15, 0.2) is 0 Å². The number of hydrogen-bond acceptors (Lipinski definition) is 4. The van der Waals surface area contributed by atoms with Gasteiger partial charge in [0.1, 0.15) is 6.07 Å². The van der Waals surface area contributed by atoms with E-state index in [2.05, 4.69) is 6.07 Å². The molecule has 1 fully saturated rings.